The fourth-order valence-electron chi connectivity index (χ4n) is 3.35. The van der Waals surface area contributed by atoms with E-state index in [-0.39, 0.29) is 19.8 Å². The van der Waals surface area contributed by atoms with Gasteiger partial charge in [-0.2, -0.15) is 5.26 Å². The van der Waals surface area contributed by atoms with E-state index in [1.165, 1.54) is 0 Å². The quantitative estimate of drug-likeness (QED) is 0.338. The second-order valence-electron chi connectivity index (χ2n) is 7.32. The smallest absolute Gasteiger partial charge is 0.174 e. The highest BCUT2D eigenvalue weighted by molar-refractivity contribution is 5.78. The summed E-state index contributed by atoms with van der Waals surface area (Å²) in [5.74, 6) is -0.0217. The van der Waals surface area contributed by atoms with E-state index >= 15 is 0 Å². The fourth-order valence-corrected chi connectivity index (χ4v) is 3.35. The number of aromatic nitrogens is 1. The topological polar surface area (TPSA) is 64.4 Å². The summed E-state index contributed by atoms with van der Waals surface area (Å²) in [7, 11) is 0. The molecule has 0 unspecified atom stereocenters. The molecule has 0 saturated carbocycles. The normalized spacial score (nSPS) is 10.6. The third kappa shape index (κ3) is 5.36. The molecule has 0 radical (unpaired) electrons. The number of rotatable bonds is 8. The van der Waals surface area contributed by atoms with Crippen molar-refractivity contribution in [2.45, 2.75) is 20.1 Å². The first-order valence-corrected chi connectivity index (χ1v) is 10.2. The molecule has 33 heavy (non-hydrogen) atoms. The van der Waals surface area contributed by atoms with Crippen molar-refractivity contribution >= 4 is 10.9 Å². The molecule has 166 valence electrons. The van der Waals surface area contributed by atoms with E-state index < -0.39 is 11.6 Å². The Labute approximate surface area is 189 Å². The average Bonchev–Trinajstić information content (AvgIpc) is 2.82. The number of halogens is 2. The Bertz CT molecular complexity index is 1340. The first kappa shape index (κ1) is 22.0. The summed E-state index contributed by atoms with van der Waals surface area (Å²) in [5, 5.41) is 9.32. The first-order chi connectivity index (χ1) is 16.0. The van der Waals surface area contributed by atoms with Crippen molar-refractivity contribution < 1.29 is 23.0 Å². The molecule has 4 rings (SSSR count). The molecule has 0 amide bonds. The van der Waals surface area contributed by atoms with E-state index in [0.29, 0.717) is 33.8 Å². The molecule has 7 heteroatoms. The molecule has 1 heterocycles. The van der Waals surface area contributed by atoms with Crippen LogP contribution in [0.15, 0.2) is 66.7 Å². The van der Waals surface area contributed by atoms with Gasteiger partial charge in [0, 0.05) is 23.1 Å². The number of aryl methyl sites for hydroxylation is 1. The number of nitrogens with zero attached hydrogens (tertiary/aromatic N) is 2. The summed E-state index contributed by atoms with van der Waals surface area (Å²) < 4.78 is 44.1. The van der Waals surface area contributed by atoms with E-state index in [0.717, 1.165) is 23.3 Å². The molecule has 0 atom stereocenters. The van der Waals surface area contributed by atoms with Crippen molar-refractivity contribution in [3.63, 3.8) is 0 Å². The number of pyridine rings is 1. The first-order valence-electron chi connectivity index (χ1n) is 10.2. The van der Waals surface area contributed by atoms with Crippen LogP contribution in [0.1, 0.15) is 16.8 Å². The summed E-state index contributed by atoms with van der Waals surface area (Å²) in [4.78, 5) is 4.33. The molecule has 0 bridgehead atoms. The maximum Gasteiger partial charge on any atom is 0.174 e. The Morgan fingerprint density at radius 1 is 0.848 bits per heavy atom. The minimum atomic E-state index is -0.937. The number of para-hydroxylation sites is 1. The van der Waals surface area contributed by atoms with Gasteiger partial charge in [0.2, 0.25) is 0 Å². The third-order valence-electron chi connectivity index (χ3n) is 4.95. The number of benzene rings is 3. The van der Waals surface area contributed by atoms with Crippen LogP contribution in [0.4, 0.5) is 8.78 Å². The molecular formula is C26H20F2N2O3. The van der Waals surface area contributed by atoms with Gasteiger partial charge in [-0.1, -0.05) is 30.3 Å². The minimum absolute atomic E-state index is 0.0361. The highest BCUT2D eigenvalue weighted by Gasteiger charge is 2.09. The minimum Gasteiger partial charge on any atom is -0.489 e. The molecule has 0 aliphatic rings. The van der Waals surface area contributed by atoms with Gasteiger partial charge >= 0.3 is 0 Å². The molecule has 0 fully saturated rings. The Morgan fingerprint density at radius 2 is 1.58 bits per heavy atom. The predicted molar refractivity (Wildman–Crippen MR) is 119 cm³/mol. The maximum absolute atomic E-state index is 13.5. The van der Waals surface area contributed by atoms with E-state index in [2.05, 4.69) is 4.98 Å². The van der Waals surface area contributed by atoms with Crippen molar-refractivity contribution in [1.82, 2.24) is 4.98 Å². The number of hydrogen-bond acceptors (Lipinski definition) is 5. The van der Waals surface area contributed by atoms with Crippen LogP contribution in [-0.4, -0.2) is 11.6 Å². The Morgan fingerprint density at radius 3 is 2.36 bits per heavy atom. The zero-order chi connectivity index (χ0) is 23.2. The second-order valence-corrected chi connectivity index (χ2v) is 7.32. The van der Waals surface area contributed by atoms with Gasteiger partial charge in [-0.05, 0) is 36.8 Å². The summed E-state index contributed by atoms with van der Waals surface area (Å²) in [5.41, 5.74) is 2.70. The van der Waals surface area contributed by atoms with Crippen LogP contribution in [-0.2, 0) is 13.2 Å². The number of ether oxygens (including phenoxy) is 3. The average molecular weight is 446 g/mol. The van der Waals surface area contributed by atoms with Crippen LogP contribution in [0.3, 0.4) is 0 Å². The standard InChI is InChI=1S/C26H20F2N2O3/c1-17-4-2-5-19(26(17)31-11-10-29)15-32-21-6-3-7-22(13-21)33-16-20-9-8-18-12-23(27)24(28)14-25(18)30-20/h2-9,12-14H,11,15-16H2,1H3. The molecule has 5 nitrogen and oxygen atoms in total. The number of fused-ring (bicyclic) bond motifs is 1. The Kier molecular flexibility index (Phi) is 6.65. The number of nitriles is 1. The van der Waals surface area contributed by atoms with Gasteiger partial charge < -0.3 is 14.2 Å². The monoisotopic (exact) mass is 446 g/mol. The fraction of sp³-hybridized carbons (Fsp3) is 0.154. The summed E-state index contributed by atoms with van der Waals surface area (Å²) in [6.45, 7) is 2.30. The van der Waals surface area contributed by atoms with Gasteiger partial charge in [0.05, 0.1) is 11.2 Å². The molecule has 1 aromatic heterocycles. The number of hydrogen-bond donors (Lipinski definition) is 0. The van der Waals surface area contributed by atoms with Crippen LogP contribution in [0, 0.1) is 29.9 Å². The van der Waals surface area contributed by atoms with Gasteiger partial charge in [-0.3, -0.25) is 0 Å². The molecule has 3 aromatic carbocycles. The summed E-state index contributed by atoms with van der Waals surface area (Å²) in [6, 6.07) is 20.4. The van der Waals surface area contributed by atoms with Crippen molar-refractivity contribution in [3.8, 4) is 23.3 Å². The van der Waals surface area contributed by atoms with Crippen LogP contribution < -0.4 is 14.2 Å². The van der Waals surface area contributed by atoms with Crippen molar-refractivity contribution in [2.75, 3.05) is 6.61 Å². The molecule has 0 N–H and O–H groups in total. The Hall–Kier alpha value is -4.18. The SMILES string of the molecule is Cc1cccc(COc2cccc(OCc3ccc4cc(F)c(F)cc4n3)c2)c1OCC#N. The molecule has 0 spiro atoms. The third-order valence-corrected chi connectivity index (χ3v) is 4.95. The summed E-state index contributed by atoms with van der Waals surface area (Å²) >= 11 is 0. The van der Waals surface area contributed by atoms with E-state index in [9.17, 15) is 8.78 Å². The van der Waals surface area contributed by atoms with Gasteiger partial charge in [-0.15, -0.1) is 0 Å². The lowest BCUT2D eigenvalue weighted by molar-refractivity contribution is 0.281. The molecule has 0 aliphatic heterocycles. The van der Waals surface area contributed by atoms with Gasteiger partial charge in [0.15, 0.2) is 18.2 Å². The Balaban J connectivity index is 1.42. The van der Waals surface area contributed by atoms with Crippen LogP contribution in [0.2, 0.25) is 0 Å². The molecular weight excluding hydrogens is 426 g/mol. The van der Waals surface area contributed by atoms with Crippen molar-refractivity contribution in [2.24, 2.45) is 0 Å². The maximum atomic E-state index is 13.5. The lowest BCUT2D eigenvalue weighted by Gasteiger charge is -2.14. The van der Waals surface area contributed by atoms with Crippen molar-refractivity contribution in [3.05, 3.63) is 95.2 Å². The predicted octanol–water partition coefficient (Wildman–Crippen LogP) is 5.88. The molecule has 4 aromatic rings. The van der Waals surface area contributed by atoms with Crippen molar-refractivity contribution in [1.29, 1.82) is 5.26 Å². The van der Waals surface area contributed by atoms with Crippen LogP contribution in [0.25, 0.3) is 10.9 Å². The van der Waals surface area contributed by atoms with E-state index in [4.69, 9.17) is 19.5 Å². The highest BCUT2D eigenvalue weighted by atomic mass is 19.2. The van der Waals surface area contributed by atoms with Gasteiger partial charge in [-0.25, -0.2) is 13.8 Å². The van der Waals surface area contributed by atoms with Gasteiger partial charge in [0.1, 0.15) is 36.5 Å². The lowest BCUT2D eigenvalue weighted by Crippen LogP contribution is -2.03. The largest absolute Gasteiger partial charge is 0.489 e. The second kappa shape index (κ2) is 9.96. The van der Waals surface area contributed by atoms with Crippen LogP contribution in [0.5, 0.6) is 17.2 Å². The molecule has 0 aliphatic carbocycles. The zero-order valence-corrected chi connectivity index (χ0v) is 17.8. The zero-order valence-electron chi connectivity index (χ0n) is 17.8. The van der Waals surface area contributed by atoms with E-state index in [1.54, 1.807) is 30.3 Å². The highest BCUT2D eigenvalue weighted by Crippen LogP contribution is 2.27. The summed E-state index contributed by atoms with van der Waals surface area (Å²) in [6.07, 6.45) is 0. The molecule has 0 saturated heterocycles. The van der Waals surface area contributed by atoms with E-state index in [1.807, 2.05) is 37.3 Å². The van der Waals surface area contributed by atoms with Crippen LogP contribution >= 0.6 is 0 Å². The lowest BCUT2D eigenvalue weighted by atomic mass is 10.1. The van der Waals surface area contributed by atoms with Gasteiger partial charge in [0.25, 0.3) is 0 Å².